The summed E-state index contributed by atoms with van der Waals surface area (Å²) in [5.74, 6) is -3.22. The number of carbonyl (C=O) groups is 6. The molecule has 0 spiro atoms. The summed E-state index contributed by atoms with van der Waals surface area (Å²) in [5.41, 5.74) is 19.7. The molecule has 0 aromatic rings. The SMILES string of the molecule is C[C@@H](C=O)NCC(NC(=O)C(CCN[C@H](C=O)CCCN=C(N)N)NC(=O)C([NH3+])N[C@H](C=O)CCCCN)C(=O)[O-]. The molecular weight excluding hydrogens is 540 g/mol. The van der Waals surface area contributed by atoms with E-state index in [1.807, 2.05) is 0 Å². The van der Waals surface area contributed by atoms with Gasteiger partial charge in [-0.15, -0.1) is 0 Å². The second-order valence-electron chi connectivity index (χ2n) is 9.45. The summed E-state index contributed by atoms with van der Waals surface area (Å²) in [6, 6.07) is -4.67. The fraction of sp³-hybridized carbons (Fsp3) is 0.708. The molecular formula is C24H46N10O7. The lowest BCUT2D eigenvalue weighted by Gasteiger charge is -2.26. The number of hydrogen-bond donors (Lipinski definition) is 9. The topological polar surface area (TPSA) is 304 Å². The summed E-state index contributed by atoms with van der Waals surface area (Å²) in [6.45, 7) is 2.07. The van der Waals surface area contributed by atoms with E-state index in [0.717, 1.165) is 0 Å². The number of nitrogens with two attached hydrogens (primary N) is 3. The van der Waals surface area contributed by atoms with Crippen LogP contribution in [0.25, 0.3) is 0 Å². The predicted octanol–water partition coefficient (Wildman–Crippen LogP) is -6.66. The van der Waals surface area contributed by atoms with E-state index < -0.39 is 54.2 Å². The van der Waals surface area contributed by atoms with Gasteiger partial charge in [-0.05, 0) is 52.1 Å². The van der Waals surface area contributed by atoms with Crippen molar-refractivity contribution < 1.29 is 39.6 Å². The van der Waals surface area contributed by atoms with Gasteiger partial charge in [-0.1, -0.05) is 6.42 Å². The minimum Gasteiger partial charge on any atom is -0.548 e. The molecule has 14 N–H and O–H groups in total. The molecule has 3 unspecified atom stereocenters. The van der Waals surface area contributed by atoms with Crippen LogP contribution in [-0.4, -0.2) is 105 Å². The smallest absolute Gasteiger partial charge is 0.294 e. The molecule has 0 fully saturated rings. The molecule has 0 saturated heterocycles. The summed E-state index contributed by atoms with van der Waals surface area (Å²) in [5, 5.41) is 24.8. The first-order valence-electron chi connectivity index (χ1n) is 13.5. The minimum atomic E-state index is -1.60. The molecule has 0 aliphatic carbocycles. The van der Waals surface area contributed by atoms with Crippen LogP contribution in [0.2, 0.25) is 0 Å². The Bertz CT molecular complexity index is 857. The standard InChI is InChI=1S/C24H46N10O7/c1-15(12-35)31-11-19(23(40)41)34-21(38)18(7-10-29-16(13-36)6-4-9-30-24(27)28)33-22(39)20(26)32-17(14-37)5-2-3-8-25/h12-20,29,31-32H,2-11,25-26H2,1H3,(H,33,39)(H,34,38)(H,40,41)(H4,27,28,30)/t15-,16-,17-,18?,19?,20?/m0/s1. The third kappa shape index (κ3) is 17.7. The van der Waals surface area contributed by atoms with Gasteiger partial charge in [0.15, 0.2) is 5.96 Å². The number of amides is 2. The van der Waals surface area contributed by atoms with Gasteiger partial charge in [0.2, 0.25) is 12.1 Å². The number of carboxylic acid groups (broad SMARTS) is 1. The van der Waals surface area contributed by atoms with E-state index in [-0.39, 0.29) is 25.5 Å². The summed E-state index contributed by atoms with van der Waals surface area (Å²) in [7, 11) is 0. The lowest BCUT2D eigenvalue weighted by Crippen LogP contribution is -2.76. The van der Waals surface area contributed by atoms with Gasteiger partial charge >= 0.3 is 0 Å². The number of unbranched alkanes of at least 4 members (excludes halogenated alkanes) is 1. The van der Waals surface area contributed by atoms with Gasteiger partial charge in [0.05, 0.1) is 30.1 Å². The van der Waals surface area contributed by atoms with Crippen molar-refractivity contribution in [3.8, 4) is 0 Å². The highest BCUT2D eigenvalue weighted by molar-refractivity contribution is 5.91. The molecule has 0 radical (unpaired) electrons. The Morgan fingerprint density at radius 3 is 2.07 bits per heavy atom. The summed E-state index contributed by atoms with van der Waals surface area (Å²) >= 11 is 0. The van der Waals surface area contributed by atoms with Crippen LogP contribution in [0.3, 0.4) is 0 Å². The molecule has 0 heterocycles. The van der Waals surface area contributed by atoms with Crippen LogP contribution in [0, 0.1) is 0 Å². The molecule has 0 aromatic carbocycles. The van der Waals surface area contributed by atoms with Crippen molar-refractivity contribution in [2.24, 2.45) is 22.2 Å². The Kier molecular flexibility index (Phi) is 20.3. The minimum absolute atomic E-state index is 0.0337. The second kappa shape index (κ2) is 22.2. The van der Waals surface area contributed by atoms with Crippen LogP contribution >= 0.6 is 0 Å². The van der Waals surface area contributed by atoms with Crippen molar-refractivity contribution in [3.63, 3.8) is 0 Å². The Labute approximate surface area is 239 Å². The molecule has 41 heavy (non-hydrogen) atoms. The molecule has 0 saturated carbocycles. The maximum Gasteiger partial charge on any atom is 0.294 e. The molecule has 17 heteroatoms. The molecule has 234 valence electrons. The monoisotopic (exact) mass is 586 g/mol. The van der Waals surface area contributed by atoms with E-state index in [1.165, 1.54) is 6.92 Å². The number of rotatable bonds is 25. The summed E-state index contributed by atoms with van der Waals surface area (Å²) in [6.07, 6.45) is 3.46. The Balaban J connectivity index is 5.41. The molecule has 2 amide bonds. The number of carbonyl (C=O) groups excluding carboxylic acids is 6. The lowest BCUT2D eigenvalue weighted by molar-refractivity contribution is -0.413. The van der Waals surface area contributed by atoms with E-state index in [1.54, 1.807) is 0 Å². The first kappa shape index (κ1) is 37.5. The Morgan fingerprint density at radius 2 is 1.51 bits per heavy atom. The van der Waals surface area contributed by atoms with Crippen molar-refractivity contribution >= 4 is 42.6 Å². The van der Waals surface area contributed by atoms with Crippen molar-refractivity contribution in [1.29, 1.82) is 0 Å². The summed E-state index contributed by atoms with van der Waals surface area (Å²) < 4.78 is 0. The molecule has 0 bridgehead atoms. The van der Waals surface area contributed by atoms with Crippen LogP contribution in [0.15, 0.2) is 4.99 Å². The quantitative estimate of drug-likeness (QED) is 0.0158. The van der Waals surface area contributed by atoms with E-state index >= 15 is 0 Å². The number of carboxylic acids is 1. The van der Waals surface area contributed by atoms with E-state index in [4.69, 9.17) is 17.2 Å². The maximum atomic E-state index is 13.0. The van der Waals surface area contributed by atoms with Gasteiger partial charge in [0, 0.05) is 13.1 Å². The second-order valence-corrected chi connectivity index (χ2v) is 9.45. The highest BCUT2D eigenvalue weighted by Crippen LogP contribution is 2.01. The van der Waals surface area contributed by atoms with Crippen molar-refractivity contribution in [2.75, 3.05) is 26.2 Å². The molecule has 17 nitrogen and oxygen atoms in total. The fourth-order valence-corrected chi connectivity index (χ4v) is 3.54. The number of guanidine groups is 1. The zero-order chi connectivity index (χ0) is 31.2. The number of nitrogens with zero attached hydrogens (tertiary/aromatic N) is 1. The lowest BCUT2D eigenvalue weighted by atomic mass is 10.1. The van der Waals surface area contributed by atoms with Crippen LogP contribution in [0.4, 0.5) is 0 Å². The van der Waals surface area contributed by atoms with E-state index in [9.17, 15) is 33.9 Å². The van der Waals surface area contributed by atoms with Gasteiger partial charge in [-0.3, -0.25) is 19.9 Å². The normalized spacial score (nSPS) is 15.3. The maximum absolute atomic E-state index is 13.0. The van der Waals surface area contributed by atoms with Crippen LogP contribution in [-0.2, 0) is 28.8 Å². The zero-order valence-electron chi connectivity index (χ0n) is 23.5. The van der Waals surface area contributed by atoms with E-state index in [0.29, 0.717) is 64.1 Å². The van der Waals surface area contributed by atoms with Gasteiger partial charge < -0.3 is 68.5 Å². The summed E-state index contributed by atoms with van der Waals surface area (Å²) in [4.78, 5) is 75.0. The third-order valence-corrected chi connectivity index (χ3v) is 5.92. The Hall–Kier alpha value is -3.51. The van der Waals surface area contributed by atoms with Gasteiger partial charge in [-0.25, -0.2) is 0 Å². The van der Waals surface area contributed by atoms with Crippen LogP contribution < -0.4 is 54.6 Å². The first-order chi connectivity index (χ1) is 19.5. The fourth-order valence-electron chi connectivity index (χ4n) is 3.54. The largest absolute Gasteiger partial charge is 0.548 e. The predicted molar refractivity (Wildman–Crippen MR) is 147 cm³/mol. The average molecular weight is 587 g/mol. The Morgan fingerprint density at radius 1 is 0.878 bits per heavy atom. The molecule has 0 aromatic heterocycles. The van der Waals surface area contributed by atoms with Crippen LogP contribution in [0.1, 0.15) is 45.4 Å². The molecule has 0 rings (SSSR count). The number of quaternary nitrogens is 1. The van der Waals surface area contributed by atoms with Gasteiger partial charge in [-0.2, -0.15) is 0 Å². The highest BCUT2D eigenvalue weighted by Gasteiger charge is 2.28. The van der Waals surface area contributed by atoms with Gasteiger partial charge in [0.25, 0.3) is 5.91 Å². The van der Waals surface area contributed by atoms with Crippen LogP contribution in [0.5, 0.6) is 0 Å². The number of nitrogens with one attached hydrogen (secondary N) is 5. The van der Waals surface area contributed by atoms with Crippen molar-refractivity contribution in [3.05, 3.63) is 0 Å². The van der Waals surface area contributed by atoms with Gasteiger partial charge in [0.1, 0.15) is 24.9 Å². The van der Waals surface area contributed by atoms with Crippen molar-refractivity contribution in [1.82, 2.24) is 26.6 Å². The van der Waals surface area contributed by atoms with Crippen molar-refractivity contribution in [2.45, 2.75) is 81.8 Å². The number of aliphatic imine (C=N–C) groups is 1. The number of hydrogen-bond acceptors (Lipinski definition) is 12. The third-order valence-electron chi connectivity index (χ3n) is 5.92. The zero-order valence-corrected chi connectivity index (χ0v) is 23.5. The number of aldehydes is 3. The highest BCUT2D eigenvalue weighted by atomic mass is 16.4. The molecule has 0 aliphatic rings. The molecule has 0 aliphatic heterocycles. The van der Waals surface area contributed by atoms with E-state index in [2.05, 4.69) is 37.3 Å². The first-order valence-corrected chi connectivity index (χ1v) is 13.5. The average Bonchev–Trinajstić information content (AvgIpc) is 2.94. The number of aliphatic carboxylic acids is 1. The molecule has 6 atom stereocenters.